The Morgan fingerprint density at radius 3 is 2.55 bits per heavy atom. The Bertz CT molecular complexity index is 177. The van der Waals surface area contributed by atoms with Gasteiger partial charge in [-0.3, -0.25) is 9.69 Å². The van der Waals surface area contributed by atoms with Gasteiger partial charge in [-0.2, -0.15) is 5.26 Å². The summed E-state index contributed by atoms with van der Waals surface area (Å²) in [6.07, 6.45) is 3.59. The molecule has 0 N–H and O–H groups in total. The Balaban J connectivity index is 2.25. The Morgan fingerprint density at radius 1 is 1.36 bits per heavy atom. The van der Waals surface area contributed by atoms with Crippen LogP contribution in [0.2, 0.25) is 0 Å². The highest BCUT2D eigenvalue weighted by Gasteiger charge is 2.12. The molecule has 1 aliphatic rings. The normalized spacial score (nSPS) is 19.2. The summed E-state index contributed by atoms with van der Waals surface area (Å²) in [7, 11) is 0. The number of nitrogens with zero attached hydrogens (tertiary/aromatic N) is 2. The molecule has 1 aliphatic heterocycles. The van der Waals surface area contributed by atoms with E-state index >= 15 is 0 Å². The first-order valence-corrected chi connectivity index (χ1v) is 3.98. The summed E-state index contributed by atoms with van der Waals surface area (Å²) in [5, 5.41) is 8.24. The van der Waals surface area contributed by atoms with Crippen molar-refractivity contribution in [3.63, 3.8) is 0 Å². The molecule has 0 aliphatic carbocycles. The lowest BCUT2D eigenvalue weighted by molar-refractivity contribution is -0.115. The second-order valence-electron chi connectivity index (χ2n) is 2.87. The molecule has 0 aromatic heterocycles. The Morgan fingerprint density at radius 2 is 2.00 bits per heavy atom. The monoisotopic (exact) mass is 152 g/mol. The minimum Gasteiger partial charge on any atom is -0.295 e. The highest BCUT2D eigenvalue weighted by molar-refractivity contribution is 5.94. The van der Waals surface area contributed by atoms with Crippen molar-refractivity contribution in [3.05, 3.63) is 0 Å². The van der Waals surface area contributed by atoms with Crippen LogP contribution in [0.5, 0.6) is 0 Å². The molecular weight excluding hydrogens is 140 g/mol. The summed E-state index contributed by atoms with van der Waals surface area (Å²) in [4.78, 5) is 12.7. The van der Waals surface area contributed by atoms with Gasteiger partial charge in [-0.1, -0.05) is 6.42 Å². The summed E-state index contributed by atoms with van der Waals surface area (Å²) >= 11 is 0. The number of Topliss-reactive ketones (excluding diaryl/α,β-unsaturated/α-hetero) is 1. The van der Waals surface area contributed by atoms with Crippen molar-refractivity contribution in [1.82, 2.24) is 4.90 Å². The van der Waals surface area contributed by atoms with Crippen LogP contribution in [0.3, 0.4) is 0 Å². The first-order valence-electron chi connectivity index (χ1n) is 3.98. The van der Waals surface area contributed by atoms with Crippen LogP contribution in [0.1, 0.15) is 19.3 Å². The lowest BCUT2D eigenvalue weighted by Crippen LogP contribution is -2.33. The van der Waals surface area contributed by atoms with Crippen LogP contribution in [-0.4, -0.2) is 30.3 Å². The smallest absolute Gasteiger partial charge is 0.245 e. The predicted octanol–water partition coefficient (Wildman–Crippen LogP) is 0.565. The van der Waals surface area contributed by atoms with Gasteiger partial charge >= 0.3 is 0 Å². The first kappa shape index (κ1) is 8.22. The minimum absolute atomic E-state index is 0.313. The maximum atomic E-state index is 10.7. The van der Waals surface area contributed by atoms with Crippen molar-refractivity contribution in [2.24, 2.45) is 0 Å². The van der Waals surface area contributed by atoms with Crippen LogP contribution < -0.4 is 0 Å². The molecule has 3 nitrogen and oxygen atoms in total. The molecule has 0 radical (unpaired) electrons. The van der Waals surface area contributed by atoms with Gasteiger partial charge in [0, 0.05) is 0 Å². The molecule has 0 spiro atoms. The SMILES string of the molecule is N#CC(=O)CN1CCCCC1. The van der Waals surface area contributed by atoms with E-state index in [1.807, 2.05) is 0 Å². The van der Waals surface area contributed by atoms with Crippen molar-refractivity contribution in [2.45, 2.75) is 19.3 Å². The molecular formula is C8H12N2O. The highest BCUT2D eigenvalue weighted by Crippen LogP contribution is 2.07. The van der Waals surface area contributed by atoms with Crippen molar-refractivity contribution in [3.8, 4) is 6.07 Å². The Labute approximate surface area is 66.6 Å². The van der Waals surface area contributed by atoms with E-state index in [2.05, 4.69) is 4.90 Å². The number of carbonyl (C=O) groups excluding carboxylic acids is 1. The molecule has 60 valence electrons. The molecule has 1 saturated heterocycles. The molecule has 0 unspecified atom stereocenters. The fraction of sp³-hybridized carbons (Fsp3) is 0.750. The molecule has 11 heavy (non-hydrogen) atoms. The number of piperidine rings is 1. The van der Waals surface area contributed by atoms with Gasteiger partial charge in [0.25, 0.3) is 0 Å². The molecule has 1 fully saturated rings. The second kappa shape index (κ2) is 4.09. The van der Waals surface area contributed by atoms with E-state index in [4.69, 9.17) is 5.26 Å². The van der Waals surface area contributed by atoms with E-state index in [1.165, 1.54) is 19.3 Å². The summed E-state index contributed by atoms with van der Waals surface area (Å²) in [5.41, 5.74) is 0. The highest BCUT2D eigenvalue weighted by atomic mass is 16.1. The van der Waals surface area contributed by atoms with E-state index in [0.29, 0.717) is 6.54 Å². The molecule has 0 aromatic carbocycles. The molecule has 3 heteroatoms. The zero-order valence-corrected chi connectivity index (χ0v) is 6.55. The zero-order chi connectivity index (χ0) is 8.10. The molecule has 0 bridgehead atoms. The van der Waals surface area contributed by atoms with Crippen LogP contribution in [0.15, 0.2) is 0 Å². The third kappa shape index (κ3) is 2.69. The van der Waals surface area contributed by atoms with Gasteiger partial charge in [0.1, 0.15) is 6.07 Å². The number of likely N-dealkylation sites (tertiary alicyclic amines) is 1. The maximum Gasteiger partial charge on any atom is 0.245 e. The third-order valence-electron chi connectivity index (χ3n) is 1.94. The largest absolute Gasteiger partial charge is 0.295 e. The average molecular weight is 152 g/mol. The number of ketones is 1. The fourth-order valence-corrected chi connectivity index (χ4v) is 1.36. The number of hydrogen-bond acceptors (Lipinski definition) is 3. The molecule has 1 heterocycles. The van der Waals surface area contributed by atoms with Crippen molar-refractivity contribution >= 4 is 5.78 Å². The number of rotatable bonds is 2. The number of hydrogen-bond donors (Lipinski definition) is 0. The molecule has 1 rings (SSSR count). The van der Waals surface area contributed by atoms with Gasteiger partial charge in [-0.15, -0.1) is 0 Å². The minimum atomic E-state index is -0.313. The molecule has 0 amide bonds. The van der Waals surface area contributed by atoms with Crippen LogP contribution >= 0.6 is 0 Å². The van der Waals surface area contributed by atoms with E-state index in [0.717, 1.165) is 13.1 Å². The van der Waals surface area contributed by atoms with Gasteiger partial charge in [0.05, 0.1) is 6.54 Å². The lowest BCUT2D eigenvalue weighted by Gasteiger charge is -2.24. The third-order valence-corrected chi connectivity index (χ3v) is 1.94. The molecule has 0 atom stereocenters. The quantitative estimate of drug-likeness (QED) is 0.543. The van der Waals surface area contributed by atoms with Crippen LogP contribution in [-0.2, 0) is 4.79 Å². The van der Waals surface area contributed by atoms with Crippen molar-refractivity contribution < 1.29 is 4.79 Å². The van der Waals surface area contributed by atoms with Gasteiger partial charge in [0.2, 0.25) is 5.78 Å². The van der Waals surface area contributed by atoms with E-state index in [9.17, 15) is 4.79 Å². The van der Waals surface area contributed by atoms with Gasteiger partial charge < -0.3 is 0 Å². The second-order valence-corrected chi connectivity index (χ2v) is 2.87. The van der Waals surface area contributed by atoms with Crippen LogP contribution in [0, 0.1) is 11.3 Å². The molecule has 0 saturated carbocycles. The number of carbonyl (C=O) groups is 1. The van der Waals surface area contributed by atoms with Gasteiger partial charge in [-0.05, 0) is 25.9 Å². The van der Waals surface area contributed by atoms with E-state index in [-0.39, 0.29) is 5.78 Å². The summed E-state index contributed by atoms with van der Waals surface area (Å²) < 4.78 is 0. The predicted molar refractivity (Wildman–Crippen MR) is 40.9 cm³/mol. The Kier molecular flexibility index (Phi) is 3.06. The van der Waals surface area contributed by atoms with Crippen LogP contribution in [0.4, 0.5) is 0 Å². The van der Waals surface area contributed by atoms with Gasteiger partial charge in [-0.25, -0.2) is 0 Å². The Hall–Kier alpha value is -0.880. The average Bonchev–Trinajstić information content (AvgIpc) is 2.06. The summed E-state index contributed by atoms with van der Waals surface area (Å²) in [5.74, 6) is -0.313. The first-order chi connectivity index (χ1) is 5.33. The standard InChI is InChI=1S/C8H12N2O/c9-6-8(11)7-10-4-2-1-3-5-10/h1-5,7H2. The topological polar surface area (TPSA) is 44.1 Å². The molecule has 0 aromatic rings. The zero-order valence-electron chi connectivity index (χ0n) is 6.55. The fourth-order valence-electron chi connectivity index (χ4n) is 1.36. The van der Waals surface area contributed by atoms with Crippen molar-refractivity contribution in [2.75, 3.05) is 19.6 Å². The van der Waals surface area contributed by atoms with Crippen LogP contribution in [0.25, 0.3) is 0 Å². The van der Waals surface area contributed by atoms with E-state index in [1.54, 1.807) is 6.07 Å². The number of nitriles is 1. The van der Waals surface area contributed by atoms with E-state index < -0.39 is 0 Å². The summed E-state index contributed by atoms with van der Waals surface area (Å²) in [6.45, 7) is 2.29. The summed E-state index contributed by atoms with van der Waals surface area (Å²) in [6, 6.07) is 1.63. The van der Waals surface area contributed by atoms with Gasteiger partial charge in [0.15, 0.2) is 0 Å². The van der Waals surface area contributed by atoms with Crippen molar-refractivity contribution in [1.29, 1.82) is 5.26 Å². The lowest BCUT2D eigenvalue weighted by atomic mass is 10.1. The maximum absolute atomic E-state index is 10.7.